The zero-order valence-corrected chi connectivity index (χ0v) is 8.74. The van der Waals surface area contributed by atoms with Crippen molar-refractivity contribution in [2.75, 3.05) is 37.8 Å². The lowest BCUT2D eigenvalue weighted by Crippen LogP contribution is -2.48. The molecule has 2 saturated heterocycles. The molecule has 0 aromatic rings. The Kier molecular flexibility index (Phi) is 2.79. The Bertz CT molecular complexity index is 296. The Morgan fingerprint density at radius 3 is 2.36 bits per heavy atom. The predicted molar refractivity (Wildman–Crippen MR) is 50.8 cm³/mol. The van der Waals surface area contributed by atoms with Crippen LogP contribution in [0.5, 0.6) is 0 Å². The standard InChI is InChI=1S/C8H15NO4S/c10-8-6-14(11,12)5-7(8)9-1-3-13-4-2-9/h7-8,10H,1-6H2/t7-,8+/m0/s1. The summed E-state index contributed by atoms with van der Waals surface area (Å²) in [6.45, 7) is 2.70. The lowest BCUT2D eigenvalue weighted by atomic mass is 10.2. The molecular formula is C8H15NO4S. The molecule has 0 radical (unpaired) electrons. The van der Waals surface area contributed by atoms with Gasteiger partial charge in [-0.25, -0.2) is 8.42 Å². The van der Waals surface area contributed by atoms with Gasteiger partial charge in [-0.1, -0.05) is 0 Å². The topological polar surface area (TPSA) is 66.8 Å². The van der Waals surface area contributed by atoms with Crippen LogP contribution in [0.4, 0.5) is 0 Å². The minimum atomic E-state index is -3.03. The first-order chi connectivity index (χ1) is 6.58. The summed E-state index contributed by atoms with van der Waals surface area (Å²) in [4.78, 5) is 2.01. The van der Waals surface area contributed by atoms with Crippen molar-refractivity contribution >= 4 is 9.84 Å². The Morgan fingerprint density at radius 2 is 1.86 bits per heavy atom. The van der Waals surface area contributed by atoms with E-state index in [-0.39, 0.29) is 17.5 Å². The molecule has 0 amide bonds. The van der Waals surface area contributed by atoms with E-state index in [4.69, 9.17) is 4.74 Å². The third kappa shape index (κ3) is 2.08. The summed E-state index contributed by atoms with van der Waals surface area (Å²) in [7, 11) is -3.03. The van der Waals surface area contributed by atoms with Crippen LogP contribution < -0.4 is 0 Å². The summed E-state index contributed by atoms with van der Waals surface area (Å²) in [6, 6.07) is -0.219. The van der Waals surface area contributed by atoms with E-state index >= 15 is 0 Å². The summed E-state index contributed by atoms with van der Waals surface area (Å²) in [5.74, 6) is 0.00317. The van der Waals surface area contributed by atoms with Gasteiger partial charge < -0.3 is 9.84 Å². The molecular weight excluding hydrogens is 206 g/mol. The van der Waals surface area contributed by atoms with Gasteiger partial charge in [0.05, 0.1) is 36.9 Å². The lowest BCUT2D eigenvalue weighted by Gasteiger charge is -2.32. The second-order valence-electron chi connectivity index (χ2n) is 3.86. The maximum Gasteiger partial charge on any atom is 0.154 e. The van der Waals surface area contributed by atoms with Crippen LogP contribution in [0.15, 0.2) is 0 Å². The van der Waals surface area contributed by atoms with E-state index in [1.807, 2.05) is 4.90 Å². The third-order valence-electron chi connectivity index (χ3n) is 2.81. The van der Waals surface area contributed by atoms with Crippen molar-refractivity contribution < 1.29 is 18.3 Å². The van der Waals surface area contributed by atoms with Gasteiger partial charge in [0, 0.05) is 13.1 Å². The molecule has 0 bridgehead atoms. The van der Waals surface area contributed by atoms with Gasteiger partial charge in [0.1, 0.15) is 0 Å². The van der Waals surface area contributed by atoms with E-state index < -0.39 is 15.9 Å². The molecule has 0 aromatic heterocycles. The fraction of sp³-hybridized carbons (Fsp3) is 1.00. The Balaban J connectivity index is 2.04. The molecule has 2 heterocycles. The van der Waals surface area contributed by atoms with Crippen LogP contribution in [0.2, 0.25) is 0 Å². The molecule has 0 unspecified atom stereocenters. The Labute approximate surface area is 83.6 Å². The number of sulfone groups is 1. The van der Waals surface area contributed by atoms with Gasteiger partial charge in [0.15, 0.2) is 9.84 Å². The van der Waals surface area contributed by atoms with E-state index in [1.165, 1.54) is 0 Å². The van der Waals surface area contributed by atoms with Crippen LogP contribution in [0.3, 0.4) is 0 Å². The van der Waals surface area contributed by atoms with Crippen LogP contribution in [0.1, 0.15) is 0 Å². The van der Waals surface area contributed by atoms with Crippen molar-refractivity contribution in [1.82, 2.24) is 4.90 Å². The highest BCUT2D eigenvalue weighted by atomic mass is 32.2. The number of ether oxygens (including phenoxy) is 1. The van der Waals surface area contributed by atoms with Crippen LogP contribution in [-0.4, -0.2) is 68.4 Å². The summed E-state index contributed by atoms with van der Waals surface area (Å²) in [6.07, 6.45) is -0.724. The van der Waals surface area contributed by atoms with Gasteiger partial charge in [-0.2, -0.15) is 0 Å². The average molecular weight is 221 g/mol. The minimum absolute atomic E-state index is 0.0883. The molecule has 0 aliphatic carbocycles. The number of morpholine rings is 1. The van der Waals surface area contributed by atoms with E-state index in [0.717, 1.165) is 13.1 Å². The monoisotopic (exact) mass is 221 g/mol. The van der Waals surface area contributed by atoms with Crippen molar-refractivity contribution in [3.63, 3.8) is 0 Å². The molecule has 0 spiro atoms. The van der Waals surface area contributed by atoms with E-state index in [1.54, 1.807) is 0 Å². The first-order valence-electron chi connectivity index (χ1n) is 4.79. The minimum Gasteiger partial charge on any atom is -0.390 e. The summed E-state index contributed by atoms with van der Waals surface area (Å²) in [5, 5.41) is 9.62. The highest BCUT2D eigenvalue weighted by molar-refractivity contribution is 7.91. The van der Waals surface area contributed by atoms with Crippen molar-refractivity contribution in [1.29, 1.82) is 0 Å². The maximum atomic E-state index is 11.3. The number of nitrogens with zero attached hydrogens (tertiary/aromatic N) is 1. The molecule has 1 N–H and O–H groups in total. The fourth-order valence-corrected chi connectivity index (χ4v) is 3.90. The molecule has 14 heavy (non-hydrogen) atoms. The number of aliphatic hydroxyl groups excluding tert-OH is 1. The molecule has 82 valence electrons. The zero-order valence-electron chi connectivity index (χ0n) is 7.92. The van der Waals surface area contributed by atoms with Crippen LogP contribution in [0.25, 0.3) is 0 Å². The quantitative estimate of drug-likeness (QED) is 0.582. The van der Waals surface area contributed by atoms with Crippen LogP contribution >= 0.6 is 0 Å². The van der Waals surface area contributed by atoms with E-state index in [2.05, 4.69) is 0 Å². The third-order valence-corrected chi connectivity index (χ3v) is 4.51. The van der Waals surface area contributed by atoms with Gasteiger partial charge in [0.25, 0.3) is 0 Å². The smallest absolute Gasteiger partial charge is 0.154 e. The first kappa shape index (κ1) is 10.4. The molecule has 0 saturated carbocycles. The molecule has 6 heteroatoms. The number of rotatable bonds is 1. The van der Waals surface area contributed by atoms with Gasteiger partial charge in [-0.3, -0.25) is 4.90 Å². The number of aliphatic hydroxyl groups is 1. The second-order valence-corrected chi connectivity index (χ2v) is 6.01. The molecule has 2 aliphatic rings. The molecule has 2 atom stereocenters. The zero-order chi connectivity index (χ0) is 10.2. The number of hydrogen-bond donors (Lipinski definition) is 1. The molecule has 2 rings (SSSR count). The van der Waals surface area contributed by atoms with Crippen molar-refractivity contribution in [3.05, 3.63) is 0 Å². The summed E-state index contributed by atoms with van der Waals surface area (Å²) in [5.41, 5.74) is 0. The summed E-state index contributed by atoms with van der Waals surface area (Å²) < 4.78 is 27.7. The van der Waals surface area contributed by atoms with Crippen LogP contribution in [0, 0.1) is 0 Å². The van der Waals surface area contributed by atoms with Gasteiger partial charge in [-0.05, 0) is 0 Å². The Hall–Kier alpha value is -0.170. The highest BCUT2D eigenvalue weighted by Gasteiger charge is 2.40. The number of hydrogen-bond acceptors (Lipinski definition) is 5. The fourth-order valence-electron chi connectivity index (χ4n) is 2.07. The maximum absolute atomic E-state index is 11.3. The van der Waals surface area contributed by atoms with Crippen molar-refractivity contribution in [3.8, 4) is 0 Å². The Morgan fingerprint density at radius 1 is 1.21 bits per heavy atom. The lowest BCUT2D eigenvalue weighted by molar-refractivity contribution is -0.00579. The van der Waals surface area contributed by atoms with Crippen LogP contribution in [-0.2, 0) is 14.6 Å². The molecule has 5 nitrogen and oxygen atoms in total. The van der Waals surface area contributed by atoms with Gasteiger partial charge >= 0.3 is 0 Å². The van der Waals surface area contributed by atoms with Gasteiger partial charge in [0.2, 0.25) is 0 Å². The second kappa shape index (κ2) is 3.77. The normalized spacial score (nSPS) is 38.6. The van der Waals surface area contributed by atoms with Crippen molar-refractivity contribution in [2.24, 2.45) is 0 Å². The summed E-state index contributed by atoms with van der Waals surface area (Å²) >= 11 is 0. The van der Waals surface area contributed by atoms with Gasteiger partial charge in [-0.15, -0.1) is 0 Å². The SMILES string of the molecule is O=S1(=O)C[C@@H](O)[C@@H](N2CCOCC2)C1. The largest absolute Gasteiger partial charge is 0.390 e. The molecule has 2 fully saturated rings. The molecule has 0 aromatic carbocycles. The average Bonchev–Trinajstić information content (AvgIpc) is 2.41. The van der Waals surface area contributed by atoms with E-state index in [0.29, 0.717) is 13.2 Å². The highest BCUT2D eigenvalue weighted by Crippen LogP contribution is 2.19. The van der Waals surface area contributed by atoms with E-state index in [9.17, 15) is 13.5 Å². The first-order valence-corrected chi connectivity index (χ1v) is 6.61. The van der Waals surface area contributed by atoms with Crippen molar-refractivity contribution in [2.45, 2.75) is 12.1 Å². The molecule has 2 aliphatic heterocycles. The predicted octanol–water partition coefficient (Wildman–Crippen LogP) is -1.52.